The third-order valence-corrected chi connectivity index (χ3v) is 13.5. The Morgan fingerprint density at radius 1 is 0.203 bits per heavy atom. The lowest BCUT2D eigenvalue weighted by atomic mass is 9.84. The second kappa shape index (κ2) is 18.3. The lowest BCUT2D eigenvalue weighted by Gasteiger charge is -2.31. The van der Waals surface area contributed by atoms with E-state index in [4.69, 9.17) is 0 Å². The first-order valence-corrected chi connectivity index (χ1v) is 23.8. The molecule has 0 aliphatic carbocycles. The van der Waals surface area contributed by atoms with Crippen LogP contribution in [-0.2, 0) is 0 Å². The first-order valence-electron chi connectivity index (χ1n) is 23.8. The van der Waals surface area contributed by atoms with Crippen LogP contribution in [0, 0.1) is 0 Å². The van der Waals surface area contributed by atoms with Crippen LogP contribution in [0.3, 0.4) is 0 Å². The molecule has 69 heavy (non-hydrogen) atoms. The van der Waals surface area contributed by atoms with Crippen molar-refractivity contribution >= 4 is 38.6 Å². The van der Waals surface area contributed by atoms with Crippen molar-refractivity contribution in [3.05, 3.63) is 285 Å². The van der Waals surface area contributed by atoms with E-state index in [1.807, 2.05) is 0 Å². The minimum Gasteiger partial charge on any atom is -0.309 e. The predicted octanol–water partition coefficient (Wildman–Crippen LogP) is 19.1. The Labute approximate surface area is 404 Å². The standard InChI is InChI=1S/C68H47N/c1-7-22-48(23-8-1)56-41-45-64(63(47-56)52-28-13-4-14-29-52)69(57-42-38-49(39-43-57)55-40-44-58(50-24-9-2-10-25-50)62(46-55)51-26-11-3-12-27-51)65-37-21-36-61-59-34-19-20-35-60(59)66(53-30-15-5-16-31-53)67(68(61)65)54-32-17-6-18-33-54/h1-47H. The van der Waals surface area contributed by atoms with Crippen molar-refractivity contribution in [1.82, 2.24) is 0 Å². The Balaban J connectivity index is 1.13. The normalized spacial score (nSPS) is 11.2. The summed E-state index contributed by atoms with van der Waals surface area (Å²) in [4.78, 5) is 2.51. The molecule has 12 rings (SSSR count). The topological polar surface area (TPSA) is 3.24 Å². The average molecular weight is 878 g/mol. The van der Waals surface area contributed by atoms with Gasteiger partial charge in [-0.3, -0.25) is 0 Å². The van der Waals surface area contributed by atoms with E-state index in [0.29, 0.717) is 0 Å². The molecule has 0 aliphatic rings. The minimum atomic E-state index is 1.06. The lowest BCUT2D eigenvalue weighted by Crippen LogP contribution is -2.12. The molecule has 1 heteroatoms. The van der Waals surface area contributed by atoms with Crippen LogP contribution in [0.15, 0.2) is 285 Å². The van der Waals surface area contributed by atoms with Gasteiger partial charge in [-0.05, 0) is 119 Å². The molecule has 0 spiro atoms. The molecule has 0 radical (unpaired) electrons. The molecular formula is C68H47N. The third kappa shape index (κ3) is 7.86. The van der Waals surface area contributed by atoms with Gasteiger partial charge in [0.15, 0.2) is 0 Å². The molecule has 12 aromatic rings. The average Bonchev–Trinajstić information content (AvgIpc) is 3.44. The van der Waals surface area contributed by atoms with Gasteiger partial charge in [0, 0.05) is 22.2 Å². The number of benzene rings is 12. The second-order valence-electron chi connectivity index (χ2n) is 17.6. The molecule has 0 saturated heterocycles. The van der Waals surface area contributed by atoms with Crippen LogP contribution in [0.5, 0.6) is 0 Å². The zero-order chi connectivity index (χ0) is 45.9. The smallest absolute Gasteiger partial charge is 0.0546 e. The molecule has 0 heterocycles. The maximum Gasteiger partial charge on any atom is 0.0546 e. The first-order chi connectivity index (χ1) is 34.3. The quantitative estimate of drug-likeness (QED) is 0.124. The predicted molar refractivity (Wildman–Crippen MR) is 294 cm³/mol. The molecule has 0 bridgehead atoms. The third-order valence-electron chi connectivity index (χ3n) is 13.5. The summed E-state index contributed by atoms with van der Waals surface area (Å²) in [7, 11) is 0. The van der Waals surface area contributed by atoms with E-state index < -0.39 is 0 Å². The molecule has 0 N–H and O–H groups in total. The van der Waals surface area contributed by atoms with Crippen LogP contribution in [0.25, 0.3) is 99.4 Å². The summed E-state index contributed by atoms with van der Waals surface area (Å²) in [6, 6.07) is 104. The monoisotopic (exact) mass is 877 g/mol. The van der Waals surface area contributed by atoms with Crippen LogP contribution in [0.2, 0.25) is 0 Å². The summed E-state index contributed by atoms with van der Waals surface area (Å²) in [5, 5.41) is 4.85. The fraction of sp³-hybridized carbons (Fsp3) is 0. The van der Waals surface area contributed by atoms with Crippen molar-refractivity contribution < 1.29 is 0 Å². The number of nitrogens with zero attached hydrogens (tertiary/aromatic N) is 1. The van der Waals surface area contributed by atoms with Gasteiger partial charge in [0.2, 0.25) is 0 Å². The van der Waals surface area contributed by atoms with Crippen LogP contribution in [0.1, 0.15) is 0 Å². The van der Waals surface area contributed by atoms with Crippen molar-refractivity contribution in [2.24, 2.45) is 0 Å². The lowest BCUT2D eigenvalue weighted by molar-refractivity contribution is 1.30. The highest BCUT2D eigenvalue weighted by Gasteiger charge is 2.25. The van der Waals surface area contributed by atoms with E-state index in [-0.39, 0.29) is 0 Å². The van der Waals surface area contributed by atoms with Gasteiger partial charge in [0.1, 0.15) is 0 Å². The molecule has 12 aromatic carbocycles. The number of hydrogen-bond donors (Lipinski definition) is 0. The van der Waals surface area contributed by atoms with Gasteiger partial charge in [-0.25, -0.2) is 0 Å². The fourth-order valence-corrected chi connectivity index (χ4v) is 10.3. The van der Waals surface area contributed by atoms with Crippen LogP contribution in [-0.4, -0.2) is 0 Å². The minimum absolute atomic E-state index is 1.06. The van der Waals surface area contributed by atoms with Crippen LogP contribution >= 0.6 is 0 Å². The number of hydrogen-bond acceptors (Lipinski definition) is 1. The number of rotatable bonds is 10. The zero-order valence-electron chi connectivity index (χ0n) is 38.1. The molecule has 0 atom stereocenters. The van der Waals surface area contributed by atoms with Gasteiger partial charge < -0.3 is 4.90 Å². The maximum atomic E-state index is 2.51. The highest BCUT2D eigenvalue weighted by molar-refractivity contribution is 6.25. The van der Waals surface area contributed by atoms with Gasteiger partial charge in [-0.1, -0.05) is 249 Å². The van der Waals surface area contributed by atoms with E-state index in [9.17, 15) is 0 Å². The van der Waals surface area contributed by atoms with Crippen molar-refractivity contribution in [2.75, 3.05) is 4.90 Å². The molecule has 324 valence electrons. The highest BCUT2D eigenvalue weighted by atomic mass is 15.1. The van der Waals surface area contributed by atoms with Gasteiger partial charge in [0.25, 0.3) is 0 Å². The summed E-state index contributed by atoms with van der Waals surface area (Å²) in [5.74, 6) is 0. The Morgan fingerprint density at radius 3 is 1.19 bits per heavy atom. The zero-order valence-corrected chi connectivity index (χ0v) is 38.1. The Kier molecular flexibility index (Phi) is 11.0. The van der Waals surface area contributed by atoms with Crippen LogP contribution in [0.4, 0.5) is 17.1 Å². The Morgan fingerprint density at radius 2 is 0.609 bits per heavy atom. The van der Waals surface area contributed by atoms with Crippen molar-refractivity contribution in [3.63, 3.8) is 0 Å². The molecule has 0 fully saturated rings. The maximum absolute atomic E-state index is 2.51. The molecule has 0 aliphatic heterocycles. The van der Waals surface area contributed by atoms with Crippen molar-refractivity contribution in [1.29, 1.82) is 0 Å². The van der Waals surface area contributed by atoms with Gasteiger partial charge in [-0.15, -0.1) is 0 Å². The van der Waals surface area contributed by atoms with Crippen molar-refractivity contribution in [2.45, 2.75) is 0 Å². The van der Waals surface area contributed by atoms with Gasteiger partial charge in [-0.2, -0.15) is 0 Å². The largest absolute Gasteiger partial charge is 0.309 e. The first kappa shape index (κ1) is 41.4. The van der Waals surface area contributed by atoms with Gasteiger partial charge in [0.05, 0.1) is 11.4 Å². The molecule has 1 nitrogen and oxygen atoms in total. The van der Waals surface area contributed by atoms with Gasteiger partial charge >= 0.3 is 0 Å². The van der Waals surface area contributed by atoms with E-state index in [1.54, 1.807) is 0 Å². The highest BCUT2D eigenvalue weighted by Crippen LogP contribution is 2.52. The van der Waals surface area contributed by atoms with E-state index in [0.717, 1.165) is 33.8 Å². The van der Waals surface area contributed by atoms with E-state index >= 15 is 0 Å². The molecule has 0 aromatic heterocycles. The van der Waals surface area contributed by atoms with Crippen molar-refractivity contribution in [3.8, 4) is 77.9 Å². The Bertz CT molecular complexity index is 3720. The van der Waals surface area contributed by atoms with Crippen LogP contribution < -0.4 is 4.90 Å². The summed E-state index contributed by atoms with van der Waals surface area (Å²) < 4.78 is 0. The molecule has 0 unspecified atom stereocenters. The molecule has 0 amide bonds. The summed E-state index contributed by atoms with van der Waals surface area (Å²) in [6.45, 7) is 0. The molecular weight excluding hydrogens is 831 g/mol. The molecule has 0 saturated carbocycles. The number of fused-ring (bicyclic) bond motifs is 3. The van der Waals surface area contributed by atoms with E-state index in [1.165, 1.54) is 82.7 Å². The summed E-state index contributed by atoms with van der Waals surface area (Å²) in [6.07, 6.45) is 0. The summed E-state index contributed by atoms with van der Waals surface area (Å²) in [5.41, 5.74) is 19.8. The second-order valence-corrected chi connectivity index (χ2v) is 17.6. The number of anilines is 3. The summed E-state index contributed by atoms with van der Waals surface area (Å²) >= 11 is 0. The fourth-order valence-electron chi connectivity index (χ4n) is 10.3. The SMILES string of the molecule is c1ccc(-c2ccc(N(c3ccc(-c4ccc(-c5ccccc5)c(-c5ccccc5)c4)cc3)c3cccc4c3c(-c3ccccc3)c(-c3ccccc3)c3ccccc34)c(-c3ccccc3)c2)cc1. The Hall–Kier alpha value is -9.04. The van der Waals surface area contributed by atoms with E-state index in [2.05, 4.69) is 290 Å².